The van der Waals surface area contributed by atoms with Crippen LogP contribution >= 0.6 is 0 Å². The van der Waals surface area contributed by atoms with Crippen molar-refractivity contribution < 1.29 is 35.9 Å². The summed E-state index contributed by atoms with van der Waals surface area (Å²) in [7, 11) is 0. The van der Waals surface area contributed by atoms with Gasteiger partial charge in [0.1, 0.15) is 12.3 Å². The smallest absolute Gasteiger partial charge is 0.435 e. The molecule has 1 heterocycles. The zero-order valence-corrected chi connectivity index (χ0v) is 15.7. The molecular formula is C19H19F6N3O2. The summed E-state index contributed by atoms with van der Waals surface area (Å²) in [5, 5.41) is 6.17. The number of benzene rings is 1. The lowest BCUT2D eigenvalue weighted by atomic mass is 9.95. The van der Waals surface area contributed by atoms with Gasteiger partial charge in [-0.2, -0.15) is 31.4 Å². The summed E-state index contributed by atoms with van der Waals surface area (Å²) >= 11 is 0. The topological polar surface area (TPSA) is 56.2 Å². The number of nitrogens with zero attached hydrogens (tertiary/aromatic N) is 2. The van der Waals surface area contributed by atoms with Gasteiger partial charge in [0, 0.05) is 17.8 Å². The number of fused-ring (bicyclic) bond motifs is 1. The van der Waals surface area contributed by atoms with Crippen LogP contribution in [-0.4, -0.2) is 28.5 Å². The van der Waals surface area contributed by atoms with Crippen molar-refractivity contribution in [1.82, 2.24) is 15.1 Å². The molecule has 1 aliphatic rings. The molecule has 0 saturated carbocycles. The van der Waals surface area contributed by atoms with Crippen molar-refractivity contribution in [2.75, 3.05) is 6.61 Å². The number of carbonyl (C=O) groups is 1. The van der Waals surface area contributed by atoms with E-state index in [0.717, 1.165) is 11.1 Å². The van der Waals surface area contributed by atoms with Crippen LogP contribution in [-0.2, 0) is 36.9 Å². The molecule has 0 fully saturated rings. The molecule has 0 bridgehead atoms. The Labute approximate surface area is 168 Å². The van der Waals surface area contributed by atoms with Gasteiger partial charge >= 0.3 is 12.4 Å². The van der Waals surface area contributed by atoms with Crippen LogP contribution in [0, 0.1) is 0 Å². The van der Waals surface area contributed by atoms with Gasteiger partial charge in [0.2, 0.25) is 5.91 Å². The molecule has 1 aromatic carbocycles. The second-order valence-electron chi connectivity index (χ2n) is 6.96. The molecule has 0 spiro atoms. The third kappa shape index (κ3) is 5.67. The maximum absolute atomic E-state index is 13.2. The Morgan fingerprint density at radius 3 is 2.57 bits per heavy atom. The van der Waals surface area contributed by atoms with Crippen LogP contribution in [0.3, 0.4) is 0 Å². The summed E-state index contributed by atoms with van der Waals surface area (Å²) in [5.74, 6) is -0.559. The van der Waals surface area contributed by atoms with E-state index in [0.29, 0.717) is 24.1 Å². The van der Waals surface area contributed by atoms with Gasteiger partial charge in [0.15, 0.2) is 12.3 Å². The lowest BCUT2D eigenvalue weighted by Gasteiger charge is -2.15. The predicted molar refractivity (Wildman–Crippen MR) is 93.7 cm³/mol. The Hall–Kier alpha value is -2.72. The van der Waals surface area contributed by atoms with E-state index < -0.39 is 30.6 Å². The molecule has 0 saturated heterocycles. The van der Waals surface area contributed by atoms with Crippen molar-refractivity contribution in [1.29, 1.82) is 0 Å². The van der Waals surface area contributed by atoms with E-state index in [2.05, 4.69) is 15.2 Å². The number of ether oxygens (including phenoxy) is 1. The third-order valence-corrected chi connectivity index (χ3v) is 4.61. The molecule has 30 heavy (non-hydrogen) atoms. The van der Waals surface area contributed by atoms with Crippen molar-refractivity contribution in [3.8, 4) is 5.75 Å². The summed E-state index contributed by atoms with van der Waals surface area (Å²) in [6, 6.07) is 5.76. The molecule has 0 atom stereocenters. The first-order chi connectivity index (χ1) is 14.0. The summed E-state index contributed by atoms with van der Waals surface area (Å²) in [6.45, 7) is -1.82. The highest BCUT2D eigenvalue weighted by molar-refractivity contribution is 5.75. The number of carbonyl (C=O) groups excluding carboxylic acids is 1. The third-order valence-electron chi connectivity index (χ3n) is 4.61. The molecule has 164 valence electrons. The number of hydrogen-bond acceptors (Lipinski definition) is 3. The van der Waals surface area contributed by atoms with Gasteiger partial charge in [0.25, 0.3) is 0 Å². The maximum Gasteiger partial charge on any atom is 0.435 e. The van der Waals surface area contributed by atoms with Gasteiger partial charge in [-0.15, -0.1) is 0 Å². The van der Waals surface area contributed by atoms with E-state index in [1.165, 1.54) is 18.2 Å². The summed E-state index contributed by atoms with van der Waals surface area (Å²) in [5.41, 5.74) is 0.114. The summed E-state index contributed by atoms with van der Waals surface area (Å²) in [6.07, 6.45) is -6.99. The normalized spacial score (nSPS) is 14.3. The fraction of sp³-hybridized carbons (Fsp3) is 0.474. The quantitative estimate of drug-likeness (QED) is 0.697. The molecular weight excluding hydrogens is 416 g/mol. The van der Waals surface area contributed by atoms with Gasteiger partial charge in [-0.05, 0) is 43.4 Å². The average Bonchev–Trinajstić information content (AvgIpc) is 3.04. The van der Waals surface area contributed by atoms with Crippen LogP contribution in [0.2, 0.25) is 0 Å². The van der Waals surface area contributed by atoms with Crippen LogP contribution in [0.4, 0.5) is 26.3 Å². The van der Waals surface area contributed by atoms with Crippen LogP contribution in [0.15, 0.2) is 24.3 Å². The first-order valence-corrected chi connectivity index (χ1v) is 9.24. The van der Waals surface area contributed by atoms with E-state index in [9.17, 15) is 31.1 Å². The molecule has 1 N–H and O–H groups in total. The molecule has 1 aliphatic carbocycles. The summed E-state index contributed by atoms with van der Waals surface area (Å²) < 4.78 is 82.1. The lowest BCUT2D eigenvalue weighted by Crippen LogP contribution is -2.28. The number of halogens is 6. The Morgan fingerprint density at radius 1 is 1.13 bits per heavy atom. The van der Waals surface area contributed by atoms with Gasteiger partial charge in [-0.25, -0.2) is 0 Å². The first kappa shape index (κ1) is 22.0. The van der Waals surface area contributed by atoms with Crippen molar-refractivity contribution in [3.05, 3.63) is 46.8 Å². The Kier molecular flexibility index (Phi) is 6.27. The predicted octanol–water partition coefficient (Wildman–Crippen LogP) is 4.04. The molecule has 0 aliphatic heterocycles. The molecule has 2 aromatic rings. The standard InChI is InChI=1S/C19H19F6N3O2/c20-18(21,22)11-30-13-5-3-4-12(8-13)9-26-16(29)10-28-15-7-2-1-6-14(15)17(27-28)19(23,24)25/h3-5,8H,1-2,6-7,9-11H2,(H,26,29). The van der Waals surface area contributed by atoms with Crippen molar-refractivity contribution >= 4 is 5.91 Å². The fourth-order valence-corrected chi connectivity index (χ4v) is 3.33. The molecule has 3 rings (SSSR count). The Bertz CT molecular complexity index is 905. The van der Waals surface area contributed by atoms with E-state index in [1.807, 2.05) is 0 Å². The number of nitrogens with one attached hydrogen (secondary N) is 1. The zero-order valence-electron chi connectivity index (χ0n) is 15.7. The van der Waals surface area contributed by atoms with Gasteiger partial charge < -0.3 is 10.1 Å². The van der Waals surface area contributed by atoms with E-state index >= 15 is 0 Å². The molecule has 1 amide bonds. The minimum absolute atomic E-state index is 0.00459. The summed E-state index contributed by atoms with van der Waals surface area (Å²) in [4.78, 5) is 12.2. The zero-order chi connectivity index (χ0) is 21.9. The molecule has 11 heteroatoms. The monoisotopic (exact) mass is 435 g/mol. The molecule has 0 unspecified atom stereocenters. The van der Waals surface area contributed by atoms with Gasteiger partial charge in [-0.1, -0.05) is 12.1 Å². The van der Waals surface area contributed by atoms with Crippen LogP contribution in [0.5, 0.6) is 5.75 Å². The SMILES string of the molecule is O=C(Cn1nc(C(F)(F)F)c2c1CCCC2)NCc1cccc(OCC(F)(F)F)c1. The van der Waals surface area contributed by atoms with E-state index in [-0.39, 0.29) is 30.8 Å². The number of aromatic nitrogens is 2. The van der Waals surface area contributed by atoms with E-state index in [4.69, 9.17) is 0 Å². The molecule has 5 nitrogen and oxygen atoms in total. The van der Waals surface area contributed by atoms with E-state index in [1.54, 1.807) is 6.07 Å². The minimum atomic E-state index is -4.58. The van der Waals surface area contributed by atoms with Crippen molar-refractivity contribution in [2.45, 2.75) is 51.1 Å². The van der Waals surface area contributed by atoms with Crippen LogP contribution in [0.25, 0.3) is 0 Å². The second-order valence-corrected chi connectivity index (χ2v) is 6.96. The molecule has 1 aromatic heterocycles. The first-order valence-electron chi connectivity index (χ1n) is 9.24. The number of alkyl halides is 6. The second kappa shape index (κ2) is 8.57. The average molecular weight is 435 g/mol. The number of rotatable bonds is 6. The van der Waals surface area contributed by atoms with Crippen molar-refractivity contribution in [3.63, 3.8) is 0 Å². The largest absolute Gasteiger partial charge is 0.484 e. The lowest BCUT2D eigenvalue weighted by molar-refractivity contribution is -0.153. The number of amides is 1. The Morgan fingerprint density at radius 2 is 1.87 bits per heavy atom. The number of hydrogen-bond donors (Lipinski definition) is 1. The van der Waals surface area contributed by atoms with Crippen LogP contribution < -0.4 is 10.1 Å². The Balaban J connectivity index is 1.62. The van der Waals surface area contributed by atoms with Crippen LogP contribution in [0.1, 0.15) is 35.4 Å². The van der Waals surface area contributed by atoms with Gasteiger partial charge in [0.05, 0.1) is 0 Å². The van der Waals surface area contributed by atoms with Crippen molar-refractivity contribution in [2.24, 2.45) is 0 Å². The highest BCUT2D eigenvalue weighted by Crippen LogP contribution is 2.35. The fourth-order valence-electron chi connectivity index (χ4n) is 3.33. The minimum Gasteiger partial charge on any atom is -0.484 e. The van der Waals surface area contributed by atoms with Gasteiger partial charge in [-0.3, -0.25) is 9.48 Å². The highest BCUT2D eigenvalue weighted by atomic mass is 19.4. The maximum atomic E-state index is 13.2. The molecule has 0 radical (unpaired) electrons. The highest BCUT2D eigenvalue weighted by Gasteiger charge is 2.39.